The highest BCUT2D eigenvalue weighted by atomic mass is 16.7. The number of rotatable bonds is 9. The molecule has 0 aliphatic carbocycles. The van der Waals surface area contributed by atoms with Gasteiger partial charge in [0.05, 0.1) is 24.2 Å². The van der Waals surface area contributed by atoms with Gasteiger partial charge in [0, 0.05) is 36.7 Å². The lowest BCUT2D eigenvalue weighted by atomic mass is 10.1. The van der Waals surface area contributed by atoms with Crippen molar-refractivity contribution >= 4 is 10.9 Å². The van der Waals surface area contributed by atoms with E-state index in [2.05, 4.69) is 44.5 Å². The highest BCUT2D eigenvalue weighted by Crippen LogP contribution is 2.35. The topological polar surface area (TPSA) is 107 Å². The van der Waals surface area contributed by atoms with Gasteiger partial charge in [-0.1, -0.05) is 37.3 Å². The molecule has 2 atom stereocenters. The van der Waals surface area contributed by atoms with Crippen molar-refractivity contribution in [3.05, 3.63) is 75.8 Å². The van der Waals surface area contributed by atoms with Crippen LogP contribution in [0, 0.1) is 0 Å². The number of nitrogens with zero attached hydrogens (tertiary/aromatic N) is 5. The monoisotopic (exact) mass is 502 g/mol. The maximum atomic E-state index is 13.2. The lowest BCUT2D eigenvalue weighted by Crippen LogP contribution is -2.37. The molecule has 0 spiro atoms. The minimum atomic E-state index is -0.123. The first-order valence-corrected chi connectivity index (χ1v) is 12.8. The van der Waals surface area contributed by atoms with Gasteiger partial charge in [-0.05, 0) is 47.4 Å². The van der Waals surface area contributed by atoms with Crippen LogP contribution in [0.15, 0.2) is 53.3 Å². The minimum absolute atomic E-state index is 0.0882. The summed E-state index contributed by atoms with van der Waals surface area (Å²) < 4.78 is 18.9. The molecule has 0 radical (unpaired) electrons. The van der Waals surface area contributed by atoms with E-state index < -0.39 is 0 Å². The molecule has 2 aliphatic heterocycles. The van der Waals surface area contributed by atoms with E-state index in [-0.39, 0.29) is 24.5 Å². The van der Waals surface area contributed by atoms with E-state index >= 15 is 0 Å². The minimum Gasteiger partial charge on any atom is -0.454 e. The molecule has 6 rings (SSSR count). The SMILES string of the molecule is CCC(c1nnnn1Cc1ccccc1)N(Cc1cc2cc3c(cc2[nH]c1=O)OCO3)CC1CCCO1. The molecule has 4 aromatic rings. The summed E-state index contributed by atoms with van der Waals surface area (Å²) in [5.74, 6) is 2.12. The number of hydrogen-bond acceptors (Lipinski definition) is 8. The molecule has 10 nitrogen and oxygen atoms in total. The van der Waals surface area contributed by atoms with Gasteiger partial charge >= 0.3 is 0 Å². The van der Waals surface area contributed by atoms with Gasteiger partial charge < -0.3 is 19.2 Å². The summed E-state index contributed by atoms with van der Waals surface area (Å²) in [7, 11) is 0. The van der Waals surface area contributed by atoms with Crippen molar-refractivity contribution in [1.29, 1.82) is 0 Å². The first-order chi connectivity index (χ1) is 18.2. The van der Waals surface area contributed by atoms with Crippen LogP contribution in [0.3, 0.4) is 0 Å². The zero-order chi connectivity index (χ0) is 25.2. The van der Waals surface area contributed by atoms with E-state index in [1.54, 1.807) is 0 Å². The van der Waals surface area contributed by atoms with Crippen molar-refractivity contribution in [2.24, 2.45) is 0 Å². The summed E-state index contributed by atoms with van der Waals surface area (Å²) >= 11 is 0. The van der Waals surface area contributed by atoms with Crippen molar-refractivity contribution in [2.45, 2.75) is 51.4 Å². The largest absolute Gasteiger partial charge is 0.454 e. The summed E-state index contributed by atoms with van der Waals surface area (Å²) in [5, 5.41) is 13.6. The van der Waals surface area contributed by atoms with Crippen LogP contribution in [0.5, 0.6) is 11.5 Å². The Morgan fingerprint density at radius 2 is 2.00 bits per heavy atom. The summed E-state index contributed by atoms with van der Waals surface area (Å²) in [6, 6.07) is 15.7. The number of aromatic nitrogens is 5. The van der Waals surface area contributed by atoms with Gasteiger partial charge in [0.25, 0.3) is 5.56 Å². The summed E-state index contributed by atoms with van der Waals surface area (Å²) in [6.07, 6.45) is 2.94. The number of fused-ring (bicyclic) bond motifs is 2. The first kappa shape index (κ1) is 23.6. The van der Waals surface area contributed by atoms with E-state index in [4.69, 9.17) is 14.2 Å². The molecular formula is C27H30N6O4. The lowest BCUT2D eigenvalue weighted by molar-refractivity contribution is 0.0489. The maximum absolute atomic E-state index is 13.2. The second-order valence-electron chi connectivity index (χ2n) is 9.59. The second-order valence-corrected chi connectivity index (χ2v) is 9.59. The van der Waals surface area contributed by atoms with Gasteiger partial charge in [-0.2, -0.15) is 0 Å². The number of hydrogen-bond donors (Lipinski definition) is 1. The smallest absolute Gasteiger partial charge is 0.252 e. The number of ether oxygens (including phenoxy) is 3. The molecule has 0 saturated carbocycles. The fraction of sp³-hybridized carbons (Fsp3) is 0.407. The van der Waals surface area contributed by atoms with Crippen LogP contribution in [0.2, 0.25) is 0 Å². The Morgan fingerprint density at radius 3 is 2.78 bits per heavy atom. The highest BCUT2D eigenvalue weighted by molar-refractivity contribution is 5.83. The predicted octanol–water partition coefficient (Wildman–Crippen LogP) is 3.42. The van der Waals surface area contributed by atoms with Gasteiger partial charge in [0.15, 0.2) is 17.3 Å². The molecule has 1 fully saturated rings. The van der Waals surface area contributed by atoms with Crippen LogP contribution in [-0.2, 0) is 17.8 Å². The molecule has 37 heavy (non-hydrogen) atoms. The van der Waals surface area contributed by atoms with Gasteiger partial charge in [0.2, 0.25) is 6.79 Å². The lowest BCUT2D eigenvalue weighted by Gasteiger charge is -2.32. The Hall–Kier alpha value is -3.76. The Labute approximate surface area is 214 Å². The number of tetrazole rings is 1. The normalized spacial score (nSPS) is 17.6. The number of pyridine rings is 1. The van der Waals surface area contributed by atoms with Crippen molar-refractivity contribution in [3.63, 3.8) is 0 Å². The molecule has 2 aromatic carbocycles. The molecule has 0 bridgehead atoms. The van der Waals surface area contributed by atoms with Gasteiger partial charge in [-0.25, -0.2) is 4.68 Å². The third-order valence-electron chi connectivity index (χ3n) is 7.11. The number of benzene rings is 2. The molecular weight excluding hydrogens is 472 g/mol. The van der Waals surface area contributed by atoms with Crippen molar-refractivity contribution < 1.29 is 14.2 Å². The quantitative estimate of drug-likeness (QED) is 0.371. The number of nitrogens with one attached hydrogen (secondary N) is 1. The molecule has 10 heteroatoms. The fourth-order valence-electron chi connectivity index (χ4n) is 5.25. The molecule has 0 amide bonds. The van der Waals surface area contributed by atoms with Crippen LogP contribution in [0.25, 0.3) is 10.9 Å². The van der Waals surface area contributed by atoms with Crippen molar-refractivity contribution in [3.8, 4) is 11.5 Å². The first-order valence-electron chi connectivity index (χ1n) is 12.8. The van der Waals surface area contributed by atoms with E-state index in [0.29, 0.717) is 36.7 Å². The molecule has 4 heterocycles. The molecule has 2 aliphatic rings. The van der Waals surface area contributed by atoms with E-state index in [1.807, 2.05) is 41.1 Å². The van der Waals surface area contributed by atoms with E-state index in [9.17, 15) is 4.79 Å². The van der Waals surface area contributed by atoms with Crippen LogP contribution < -0.4 is 15.0 Å². The standard InChI is InChI=1S/C27H30N6O4/c1-2-23(26-29-30-31-33(26)14-18-7-4-3-5-8-18)32(16-21-9-6-10-35-21)15-20-11-19-12-24-25(37-17-36-24)13-22(19)28-27(20)34/h3-5,7-8,11-13,21,23H,2,6,9-10,14-17H2,1H3,(H,28,34). The Morgan fingerprint density at radius 1 is 1.16 bits per heavy atom. The number of aromatic amines is 1. The third kappa shape index (κ3) is 4.94. The average Bonchev–Trinajstić information content (AvgIpc) is 3.68. The van der Waals surface area contributed by atoms with E-state index in [1.165, 1.54) is 0 Å². The molecule has 2 aromatic heterocycles. The Bertz CT molecular complexity index is 1430. The summed E-state index contributed by atoms with van der Waals surface area (Å²) in [6.45, 7) is 4.79. The average molecular weight is 503 g/mol. The van der Waals surface area contributed by atoms with Gasteiger partial charge in [-0.3, -0.25) is 9.69 Å². The Kier molecular flexibility index (Phi) is 6.58. The zero-order valence-electron chi connectivity index (χ0n) is 20.8. The molecule has 192 valence electrons. The third-order valence-corrected chi connectivity index (χ3v) is 7.11. The summed E-state index contributed by atoms with van der Waals surface area (Å²) in [5.41, 5.74) is 2.40. The second kappa shape index (κ2) is 10.3. The van der Waals surface area contributed by atoms with Crippen LogP contribution in [0.1, 0.15) is 49.2 Å². The molecule has 1 saturated heterocycles. The predicted molar refractivity (Wildman–Crippen MR) is 136 cm³/mol. The van der Waals surface area contributed by atoms with Crippen molar-refractivity contribution in [2.75, 3.05) is 19.9 Å². The zero-order valence-corrected chi connectivity index (χ0v) is 20.8. The van der Waals surface area contributed by atoms with Crippen LogP contribution >= 0.6 is 0 Å². The fourth-order valence-corrected chi connectivity index (χ4v) is 5.25. The van der Waals surface area contributed by atoms with Gasteiger partial charge in [-0.15, -0.1) is 5.10 Å². The van der Waals surface area contributed by atoms with E-state index in [0.717, 1.165) is 48.2 Å². The maximum Gasteiger partial charge on any atom is 0.252 e. The van der Waals surface area contributed by atoms with Crippen LogP contribution in [0.4, 0.5) is 0 Å². The van der Waals surface area contributed by atoms with Gasteiger partial charge in [0.1, 0.15) is 0 Å². The van der Waals surface area contributed by atoms with Crippen molar-refractivity contribution in [1.82, 2.24) is 30.1 Å². The Balaban J connectivity index is 1.33. The summed E-state index contributed by atoms with van der Waals surface area (Å²) in [4.78, 5) is 18.5. The molecule has 1 N–H and O–H groups in total. The highest BCUT2D eigenvalue weighted by Gasteiger charge is 2.29. The molecule has 2 unspecified atom stereocenters. The van der Waals surface area contributed by atoms with Crippen LogP contribution in [-0.4, -0.2) is 56.1 Å². The number of H-pyrrole nitrogens is 1.